The van der Waals surface area contributed by atoms with Crippen LogP contribution in [0.4, 0.5) is 0 Å². The molecule has 0 fully saturated rings. The molecule has 2 aromatic carbocycles. The number of aromatic nitrogens is 1. The summed E-state index contributed by atoms with van der Waals surface area (Å²) in [5, 5.41) is 13.8. The molecule has 1 unspecified atom stereocenters. The van der Waals surface area contributed by atoms with E-state index in [0.717, 1.165) is 29.6 Å². The fourth-order valence-corrected chi connectivity index (χ4v) is 5.33. The van der Waals surface area contributed by atoms with E-state index in [1.54, 1.807) is 30.3 Å². The second-order valence-corrected chi connectivity index (χ2v) is 8.02. The summed E-state index contributed by atoms with van der Waals surface area (Å²) in [4.78, 5) is 0.270. The maximum atomic E-state index is 13.4. The van der Waals surface area contributed by atoms with E-state index >= 15 is 0 Å². The summed E-state index contributed by atoms with van der Waals surface area (Å²) >= 11 is 0. The fourth-order valence-electron chi connectivity index (χ4n) is 3.70. The van der Waals surface area contributed by atoms with Crippen LogP contribution in [0.15, 0.2) is 59.5 Å². The van der Waals surface area contributed by atoms with Gasteiger partial charge in [0, 0.05) is 12.0 Å². The van der Waals surface area contributed by atoms with Crippen molar-refractivity contribution in [1.29, 1.82) is 0 Å². The topological polar surface area (TPSA) is 71.3 Å². The number of hydrogen-bond donors (Lipinski definition) is 2. The van der Waals surface area contributed by atoms with E-state index in [-0.39, 0.29) is 17.5 Å². The molecule has 0 bridgehead atoms. The van der Waals surface area contributed by atoms with Crippen molar-refractivity contribution in [2.45, 2.75) is 23.8 Å². The van der Waals surface area contributed by atoms with Gasteiger partial charge in [0.05, 0.1) is 22.1 Å². The lowest BCUT2D eigenvalue weighted by Crippen LogP contribution is -2.33. The normalized spacial score (nSPS) is 17.6. The Balaban J connectivity index is 2.05. The van der Waals surface area contributed by atoms with E-state index < -0.39 is 10.0 Å². The Kier molecular flexibility index (Phi) is 4.11. The van der Waals surface area contributed by atoms with Gasteiger partial charge in [-0.3, -0.25) is 0 Å². The molecular formula is C19H20N2O3S. The highest BCUT2D eigenvalue weighted by Crippen LogP contribution is 2.37. The summed E-state index contributed by atoms with van der Waals surface area (Å²) in [5.41, 5.74) is 2.51. The Labute approximate surface area is 147 Å². The van der Waals surface area contributed by atoms with E-state index in [9.17, 15) is 13.5 Å². The molecule has 130 valence electrons. The molecule has 0 radical (unpaired) electrons. The molecule has 1 aliphatic rings. The lowest BCUT2D eigenvalue weighted by molar-refractivity contribution is 0.261. The third-order valence-electron chi connectivity index (χ3n) is 4.77. The van der Waals surface area contributed by atoms with Crippen molar-refractivity contribution in [2.75, 3.05) is 13.2 Å². The van der Waals surface area contributed by atoms with Gasteiger partial charge >= 0.3 is 0 Å². The van der Waals surface area contributed by atoms with Crippen LogP contribution in [0.5, 0.6) is 0 Å². The fraction of sp³-hybridized carbons (Fsp3) is 0.263. The molecule has 1 atom stereocenters. The Morgan fingerprint density at radius 3 is 2.56 bits per heavy atom. The standard InChI is InChI=1S/C19H20N2O3S/c22-13-11-17-19-16(10-12-20-17)15-8-4-5-9-18(15)21(19)25(23,24)14-6-2-1-3-7-14/h1-9,17,20,22H,10-13H2. The molecule has 1 aliphatic heterocycles. The number of aliphatic hydroxyl groups is 1. The van der Waals surface area contributed by atoms with E-state index in [1.807, 2.05) is 24.3 Å². The van der Waals surface area contributed by atoms with Gasteiger partial charge in [-0.15, -0.1) is 0 Å². The number of para-hydroxylation sites is 1. The molecule has 4 rings (SSSR count). The van der Waals surface area contributed by atoms with E-state index in [2.05, 4.69) is 5.32 Å². The highest BCUT2D eigenvalue weighted by Gasteiger charge is 2.32. The van der Waals surface area contributed by atoms with Crippen LogP contribution in [0.3, 0.4) is 0 Å². The molecule has 0 saturated carbocycles. The zero-order valence-corrected chi connectivity index (χ0v) is 14.5. The van der Waals surface area contributed by atoms with Gasteiger partial charge in [0.1, 0.15) is 0 Å². The Morgan fingerprint density at radius 2 is 1.80 bits per heavy atom. The molecule has 0 saturated heterocycles. The van der Waals surface area contributed by atoms with Crippen LogP contribution in [0.25, 0.3) is 10.9 Å². The Bertz CT molecular complexity index is 1010. The predicted molar refractivity (Wildman–Crippen MR) is 97.1 cm³/mol. The van der Waals surface area contributed by atoms with E-state index in [0.29, 0.717) is 11.9 Å². The minimum Gasteiger partial charge on any atom is -0.396 e. The van der Waals surface area contributed by atoms with Crippen molar-refractivity contribution >= 4 is 20.9 Å². The van der Waals surface area contributed by atoms with Gasteiger partial charge in [-0.05, 0) is 43.1 Å². The Morgan fingerprint density at radius 1 is 1.08 bits per heavy atom. The zero-order valence-electron chi connectivity index (χ0n) is 13.7. The third kappa shape index (κ3) is 2.57. The molecule has 0 aliphatic carbocycles. The lowest BCUT2D eigenvalue weighted by atomic mass is 9.98. The predicted octanol–water partition coefficient (Wildman–Crippen LogP) is 2.45. The molecule has 2 N–H and O–H groups in total. The van der Waals surface area contributed by atoms with Gasteiger partial charge in [-0.2, -0.15) is 0 Å². The van der Waals surface area contributed by atoms with E-state index in [4.69, 9.17) is 0 Å². The van der Waals surface area contributed by atoms with E-state index in [1.165, 1.54) is 3.97 Å². The highest BCUT2D eigenvalue weighted by atomic mass is 32.2. The van der Waals surface area contributed by atoms with Crippen molar-refractivity contribution in [3.63, 3.8) is 0 Å². The van der Waals surface area contributed by atoms with Gasteiger partial charge in [0.15, 0.2) is 0 Å². The maximum Gasteiger partial charge on any atom is 0.268 e. The summed E-state index contributed by atoms with van der Waals surface area (Å²) in [6, 6.07) is 15.9. The second kappa shape index (κ2) is 6.29. The van der Waals surface area contributed by atoms with Crippen molar-refractivity contribution < 1.29 is 13.5 Å². The van der Waals surface area contributed by atoms with Crippen LogP contribution in [0.2, 0.25) is 0 Å². The first kappa shape index (κ1) is 16.3. The van der Waals surface area contributed by atoms with Crippen LogP contribution in [-0.2, 0) is 16.4 Å². The molecular weight excluding hydrogens is 336 g/mol. The van der Waals surface area contributed by atoms with Crippen LogP contribution < -0.4 is 5.32 Å². The average Bonchev–Trinajstić information content (AvgIpc) is 2.99. The maximum absolute atomic E-state index is 13.4. The van der Waals surface area contributed by atoms with Gasteiger partial charge in [0.2, 0.25) is 0 Å². The second-order valence-electron chi connectivity index (χ2n) is 6.23. The quantitative estimate of drug-likeness (QED) is 0.753. The molecule has 0 spiro atoms. The van der Waals surface area contributed by atoms with Crippen LogP contribution in [0, 0.1) is 0 Å². The van der Waals surface area contributed by atoms with Crippen molar-refractivity contribution in [2.24, 2.45) is 0 Å². The number of fused-ring (bicyclic) bond motifs is 3. The molecule has 5 nitrogen and oxygen atoms in total. The van der Waals surface area contributed by atoms with Crippen molar-refractivity contribution in [3.05, 3.63) is 65.9 Å². The third-order valence-corrected chi connectivity index (χ3v) is 6.51. The van der Waals surface area contributed by atoms with Gasteiger partial charge < -0.3 is 10.4 Å². The monoisotopic (exact) mass is 356 g/mol. The largest absolute Gasteiger partial charge is 0.396 e. The first-order valence-corrected chi connectivity index (χ1v) is 9.85. The number of nitrogens with one attached hydrogen (secondary N) is 1. The molecule has 25 heavy (non-hydrogen) atoms. The summed E-state index contributed by atoms with van der Waals surface area (Å²) < 4.78 is 28.3. The highest BCUT2D eigenvalue weighted by molar-refractivity contribution is 7.90. The summed E-state index contributed by atoms with van der Waals surface area (Å²) in [6.45, 7) is 0.779. The minimum atomic E-state index is -3.72. The number of aliphatic hydroxyl groups excluding tert-OH is 1. The number of rotatable bonds is 4. The number of nitrogens with zero attached hydrogens (tertiary/aromatic N) is 1. The Hall–Kier alpha value is -2.15. The first-order valence-electron chi connectivity index (χ1n) is 8.41. The molecule has 0 amide bonds. The molecule has 1 aromatic heterocycles. The van der Waals surface area contributed by atoms with Gasteiger partial charge in [-0.1, -0.05) is 36.4 Å². The van der Waals surface area contributed by atoms with Crippen LogP contribution in [-0.4, -0.2) is 30.6 Å². The summed E-state index contributed by atoms with van der Waals surface area (Å²) in [6.07, 6.45) is 1.25. The first-order chi connectivity index (χ1) is 12.1. The summed E-state index contributed by atoms with van der Waals surface area (Å²) in [5.74, 6) is 0. The lowest BCUT2D eigenvalue weighted by Gasteiger charge is -2.26. The SMILES string of the molecule is O=S(=O)(c1ccccc1)n1c2c(c3ccccc31)CCNC2CCO. The molecule has 2 heterocycles. The number of hydrogen-bond acceptors (Lipinski definition) is 4. The molecule has 3 aromatic rings. The smallest absolute Gasteiger partial charge is 0.268 e. The number of benzene rings is 2. The molecule has 6 heteroatoms. The zero-order chi connectivity index (χ0) is 17.4. The van der Waals surface area contributed by atoms with Crippen molar-refractivity contribution in [3.8, 4) is 0 Å². The van der Waals surface area contributed by atoms with Crippen LogP contribution >= 0.6 is 0 Å². The van der Waals surface area contributed by atoms with Gasteiger partial charge in [-0.25, -0.2) is 12.4 Å². The average molecular weight is 356 g/mol. The van der Waals surface area contributed by atoms with Crippen LogP contribution in [0.1, 0.15) is 23.7 Å². The van der Waals surface area contributed by atoms with Crippen molar-refractivity contribution in [1.82, 2.24) is 9.29 Å². The van der Waals surface area contributed by atoms with Gasteiger partial charge in [0.25, 0.3) is 10.0 Å². The minimum absolute atomic E-state index is 0.00398. The summed E-state index contributed by atoms with van der Waals surface area (Å²) in [7, 11) is -3.72.